The van der Waals surface area contributed by atoms with Gasteiger partial charge in [0.15, 0.2) is 9.84 Å². The fourth-order valence-corrected chi connectivity index (χ4v) is 4.25. The maximum absolute atomic E-state index is 12.3. The molecule has 1 N–H and O–H groups in total. The number of hydrogen-bond donors (Lipinski definition) is 1. The van der Waals surface area contributed by atoms with E-state index in [0.29, 0.717) is 6.42 Å². The van der Waals surface area contributed by atoms with Crippen molar-refractivity contribution in [3.63, 3.8) is 0 Å². The largest absolute Gasteiger partial charge is 0.242 e. The third-order valence-corrected chi connectivity index (χ3v) is 6.22. The van der Waals surface area contributed by atoms with Crippen LogP contribution in [0.2, 0.25) is 5.02 Å². The van der Waals surface area contributed by atoms with Crippen molar-refractivity contribution >= 4 is 31.5 Å². The van der Waals surface area contributed by atoms with E-state index in [0.717, 1.165) is 17.9 Å². The Balaban J connectivity index is 2.19. The molecule has 2 rings (SSSR count). The van der Waals surface area contributed by atoms with Crippen LogP contribution in [0.15, 0.2) is 58.3 Å². The predicted octanol–water partition coefficient (Wildman–Crippen LogP) is 2.26. The van der Waals surface area contributed by atoms with Gasteiger partial charge in [-0.25, -0.2) is 21.6 Å². The normalized spacial score (nSPS) is 12.3. The number of sulfonamides is 1. The highest BCUT2D eigenvalue weighted by Crippen LogP contribution is 2.24. The van der Waals surface area contributed by atoms with Gasteiger partial charge in [-0.05, 0) is 30.2 Å². The number of halogens is 1. The Labute approximate surface area is 141 Å². The van der Waals surface area contributed by atoms with E-state index in [2.05, 4.69) is 4.72 Å². The predicted molar refractivity (Wildman–Crippen MR) is 89.9 cm³/mol. The fraction of sp³-hybridized carbons (Fsp3) is 0.200. The lowest BCUT2D eigenvalue weighted by atomic mass is 10.2. The molecule has 2 aromatic rings. The van der Waals surface area contributed by atoms with Crippen molar-refractivity contribution in [1.82, 2.24) is 4.72 Å². The van der Waals surface area contributed by atoms with Gasteiger partial charge in [0.05, 0.1) is 9.92 Å². The number of rotatable bonds is 6. The topological polar surface area (TPSA) is 80.3 Å². The minimum absolute atomic E-state index is 0.0235. The molecule has 0 saturated heterocycles. The zero-order valence-electron chi connectivity index (χ0n) is 12.4. The molecule has 0 heterocycles. The zero-order valence-corrected chi connectivity index (χ0v) is 14.7. The van der Waals surface area contributed by atoms with E-state index in [1.807, 2.05) is 30.3 Å². The van der Waals surface area contributed by atoms with Gasteiger partial charge < -0.3 is 0 Å². The van der Waals surface area contributed by atoms with Crippen LogP contribution >= 0.6 is 11.6 Å². The molecule has 0 bridgehead atoms. The molecule has 2 aromatic carbocycles. The van der Waals surface area contributed by atoms with Crippen LogP contribution in [0, 0.1) is 0 Å². The van der Waals surface area contributed by atoms with Crippen molar-refractivity contribution in [3.8, 4) is 0 Å². The fourth-order valence-electron chi connectivity index (χ4n) is 1.97. The molecule has 0 atom stereocenters. The molecule has 0 amide bonds. The molecule has 124 valence electrons. The van der Waals surface area contributed by atoms with Crippen LogP contribution in [0.1, 0.15) is 5.56 Å². The van der Waals surface area contributed by atoms with Crippen molar-refractivity contribution in [2.75, 3.05) is 12.8 Å². The molecule has 0 saturated carbocycles. The lowest BCUT2D eigenvalue weighted by Gasteiger charge is -2.10. The Bertz CT molecular complexity index is 894. The second-order valence-electron chi connectivity index (χ2n) is 5.00. The van der Waals surface area contributed by atoms with Crippen molar-refractivity contribution in [2.45, 2.75) is 16.2 Å². The van der Waals surface area contributed by atoms with Crippen molar-refractivity contribution in [2.24, 2.45) is 0 Å². The summed E-state index contributed by atoms with van der Waals surface area (Å²) in [5, 5.41) is -0.0235. The Kier molecular flexibility index (Phi) is 5.46. The first-order valence-corrected chi connectivity index (χ1v) is 10.5. The summed E-state index contributed by atoms with van der Waals surface area (Å²) < 4.78 is 50.2. The number of benzene rings is 2. The second kappa shape index (κ2) is 7.00. The second-order valence-corrected chi connectivity index (χ2v) is 9.16. The van der Waals surface area contributed by atoms with Gasteiger partial charge in [-0.1, -0.05) is 41.9 Å². The maximum Gasteiger partial charge on any atom is 0.242 e. The summed E-state index contributed by atoms with van der Waals surface area (Å²) in [6.45, 7) is 0.186. The molecule has 0 aromatic heterocycles. The highest BCUT2D eigenvalue weighted by Gasteiger charge is 2.20. The standard InChI is InChI=1S/C15H16ClNO4S2/c1-22(18,19)13-7-8-14(16)15(11-13)23(20,21)17-10-9-12-5-3-2-4-6-12/h2-8,11,17H,9-10H2,1H3. The van der Waals surface area contributed by atoms with Gasteiger partial charge in [0, 0.05) is 12.8 Å². The number of hydrogen-bond acceptors (Lipinski definition) is 4. The van der Waals surface area contributed by atoms with Gasteiger partial charge in [0.1, 0.15) is 4.90 Å². The first-order chi connectivity index (χ1) is 10.7. The first kappa shape index (κ1) is 17.9. The van der Waals surface area contributed by atoms with Gasteiger partial charge in [-0.15, -0.1) is 0 Å². The summed E-state index contributed by atoms with van der Waals surface area (Å²) in [6.07, 6.45) is 1.53. The number of nitrogens with one attached hydrogen (secondary N) is 1. The van der Waals surface area contributed by atoms with E-state index in [4.69, 9.17) is 11.6 Å². The van der Waals surface area contributed by atoms with E-state index in [9.17, 15) is 16.8 Å². The molecule has 0 aliphatic rings. The van der Waals surface area contributed by atoms with Crippen LogP contribution < -0.4 is 4.72 Å². The van der Waals surface area contributed by atoms with Crippen LogP contribution in [-0.4, -0.2) is 29.6 Å². The molecule has 0 aliphatic carbocycles. The molecule has 23 heavy (non-hydrogen) atoms. The molecule has 0 radical (unpaired) electrons. The Morgan fingerprint density at radius 1 is 1.00 bits per heavy atom. The molecule has 0 aliphatic heterocycles. The highest BCUT2D eigenvalue weighted by atomic mass is 35.5. The van der Waals surface area contributed by atoms with Crippen molar-refractivity contribution in [3.05, 3.63) is 59.1 Å². The van der Waals surface area contributed by atoms with Crippen LogP contribution in [0.3, 0.4) is 0 Å². The van der Waals surface area contributed by atoms with Crippen LogP contribution in [-0.2, 0) is 26.3 Å². The van der Waals surface area contributed by atoms with Crippen molar-refractivity contribution in [1.29, 1.82) is 0 Å². The minimum Gasteiger partial charge on any atom is -0.224 e. The summed E-state index contributed by atoms with van der Waals surface area (Å²) >= 11 is 5.91. The molecule has 8 heteroatoms. The molecular weight excluding hydrogens is 358 g/mol. The lowest BCUT2D eigenvalue weighted by molar-refractivity contribution is 0.581. The monoisotopic (exact) mass is 373 g/mol. The number of sulfone groups is 1. The van der Waals surface area contributed by atoms with E-state index in [-0.39, 0.29) is 21.4 Å². The quantitative estimate of drug-likeness (QED) is 0.842. The summed E-state index contributed by atoms with van der Waals surface area (Å²) in [5.41, 5.74) is 0.992. The molecule has 0 spiro atoms. The van der Waals surface area contributed by atoms with Crippen LogP contribution in [0.5, 0.6) is 0 Å². The van der Waals surface area contributed by atoms with Gasteiger partial charge >= 0.3 is 0 Å². The minimum atomic E-state index is -3.89. The highest BCUT2D eigenvalue weighted by molar-refractivity contribution is 7.91. The Hall–Kier alpha value is -1.41. The van der Waals surface area contributed by atoms with E-state index in [1.165, 1.54) is 12.1 Å². The van der Waals surface area contributed by atoms with Crippen LogP contribution in [0.4, 0.5) is 0 Å². The Morgan fingerprint density at radius 3 is 2.26 bits per heavy atom. The van der Waals surface area contributed by atoms with Gasteiger partial charge in [0.25, 0.3) is 0 Å². The Morgan fingerprint density at radius 2 is 1.65 bits per heavy atom. The SMILES string of the molecule is CS(=O)(=O)c1ccc(Cl)c(S(=O)(=O)NCCc2ccccc2)c1. The van der Waals surface area contributed by atoms with E-state index >= 15 is 0 Å². The van der Waals surface area contributed by atoms with E-state index < -0.39 is 19.9 Å². The van der Waals surface area contributed by atoms with Crippen LogP contribution in [0.25, 0.3) is 0 Å². The van der Waals surface area contributed by atoms with E-state index in [1.54, 1.807) is 0 Å². The molecule has 0 fully saturated rings. The van der Waals surface area contributed by atoms with Crippen molar-refractivity contribution < 1.29 is 16.8 Å². The third-order valence-electron chi connectivity index (χ3n) is 3.17. The zero-order chi connectivity index (χ0) is 17.1. The smallest absolute Gasteiger partial charge is 0.224 e. The summed E-state index contributed by atoms with van der Waals surface area (Å²) in [6, 6.07) is 13.0. The summed E-state index contributed by atoms with van der Waals surface area (Å²) in [5.74, 6) is 0. The maximum atomic E-state index is 12.3. The summed E-state index contributed by atoms with van der Waals surface area (Å²) in [4.78, 5) is -0.333. The van der Waals surface area contributed by atoms with Gasteiger partial charge in [-0.3, -0.25) is 0 Å². The third kappa shape index (κ3) is 4.78. The van der Waals surface area contributed by atoms with Gasteiger partial charge in [-0.2, -0.15) is 0 Å². The molecule has 0 unspecified atom stereocenters. The molecular formula is C15H16ClNO4S2. The first-order valence-electron chi connectivity index (χ1n) is 6.73. The molecule has 5 nitrogen and oxygen atoms in total. The average molecular weight is 374 g/mol. The summed E-state index contributed by atoms with van der Waals surface area (Å²) in [7, 11) is -7.41. The average Bonchev–Trinajstić information content (AvgIpc) is 2.47. The van der Waals surface area contributed by atoms with Gasteiger partial charge in [0.2, 0.25) is 10.0 Å². The lowest BCUT2D eigenvalue weighted by Crippen LogP contribution is -2.26.